The molecule has 7 nitrogen and oxygen atoms in total. The summed E-state index contributed by atoms with van der Waals surface area (Å²) in [5.74, 6) is -2.52. The predicted octanol–water partition coefficient (Wildman–Crippen LogP) is 4.93. The average Bonchev–Trinajstić information content (AvgIpc) is 3.09. The summed E-state index contributed by atoms with van der Waals surface area (Å²) >= 11 is 6.06. The third-order valence-corrected chi connectivity index (χ3v) is 5.47. The van der Waals surface area contributed by atoms with Crippen LogP contribution in [0.4, 0.5) is 5.69 Å². The Labute approximate surface area is 201 Å². The van der Waals surface area contributed by atoms with Crippen LogP contribution in [0.1, 0.15) is 41.5 Å². The Hall–Kier alpha value is -3.97. The predicted molar refractivity (Wildman–Crippen MR) is 127 cm³/mol. The lowest BCUT2D eigenvalue weighted by Gasteiger charge is -2.24. The van der Waals surface area contributed by atoms with E-state index < -0.39 is 23.7 Å². The van der Waals surface area contributed by atoms with Gasteiger partial charge < -0.3 is 9.84 Å². The Morgan fingerprint density at radius 2 is 1.76 bits per heavy atom. The Morgan fingerprint density at radius 1 is 1.03 bits per heavy atom. The maximum Gasteiger partial charge on any atom is 0.338 e. The summed E-state index contributed by atoms with van der Waals surface area (Å²) in [6, 6.07) is 16.7. The zero-order chi connectivity index (χ0) is 24.4. The number of aliphatic hydroxyl groups is 1. The van der Waals surface area contributed by atoms with Crippen molar-refractivity contribution in [2.75, 3.05) is 4.90 Å². The first-order valence-electron chi connectivity index (χ1n) is 10.6. The van der Waals surface area contributed by atoms with E-state index in [1.54, 1.807) is 68.6 Å². The number of benzene rings is 2. The van der Waals surface area contributed by atoms with Gasteiger partial charge in [0, 0.05) is 22.5 Å². The second-order valence-corrected chi connectivity index (χ2v) is 8.37. The maximum atomic E-state index is 13.2. The summed E-state index contributed by atoms with van der Waals surface area (Å²) in [6.45, 7) is 3.50. The number of anilines is 1. The molecule has 3 aromatic rings. The first-order chi connectivity index (χ1) is 16.3. The Morgan fingerprint density at radius 3 is 2.38 bits per heavy atom. The number of aromatic nitrogens is 1. The summed E-state index contributed by atoms with van der Waals surface area (Å²) in [5, 5.41) is 11.4. The molecule has 1 amide bonds. The summed E-state index contributed by atoms with van der Waals surface area (Å²) in [4.78, 5) is 44.1. The van der Waals surface area contributed by atoms with E-state index in [1.807, 2.05) is 0 Å². The van der Waals surface area contributed by atoms with Crippen LogP contribution >= 0.6 is 11.6 Å². The monoisotopic (exact) mass is 476 g/mol. The van der Waals surface area contributed by atoms with E-state index in [-0.39, 0.29) is 17.4 Å². The van der Waals surface area contributed by atoms with Gasteiger partial charge in [0.15, 0.2) is 0 Å². The van der Waals surface area contributed by atoms with Crippen molar-refractivity contribution in [3.05, 3.63) is 100 Å². The quantitative estimate of drug-likeness (QED) is 0.243. The summed E-state index contributed by atoms with van der Waals surface area (Å²) in [6.07, 6.45) is 1.26. The van der Waals surface area contributed by atoms with Crippen LogP contribution < -0.4 is 4.90 Å². The fraction of sp³-hybridized carbons (Fsp3) is 0.154. The number of carbonyl (C=O) groups excluding carboxylic acids is 3. The molecule has 0 aliphatic carbocycles. The molecule has 0 radical (unpaired) electrons. The summed E-state index contributed by atoms with van der Waals surface area (Å²) in [5.41, 5.74) is 1.27. The van der Waals surface area contributed by atoms with Crippen molar-refractivity contribution in [3.8, 4) is 0 Å². The Kier molecular flexibility index (Phi) is 6.47. The topological polar surface area (TPSA) is 96.8 Å². The number of ketones is 1. The van der Waals surface area contributed by atoms with Gasteiger partial charge in [-0.2, -0.15) is 0 Å². The zero-order valence-electron chi connectivity index (χ0n) is 18.4. The number of ether oxygens (including phenoxy) is 1. The number of rotatable bonds is 5. The molecule has 0 bridgehead atoms. The minimum Gasteiger partial charge on any atom is -0.507 e. The molecular formula is C26H21ClN2O5. The van der Waals surface area contributed by atoms with Crippen molar-refractivity contribution in [1.29, 1.82) is 0 Å². The molecule has 1 aliphatic heterocycles. The lowest BCUT2D eigenvalue weighted by molar-refractivity contribution is -0.132. The van der Waals surface area contributed by atoms with Crippen molar-refractivity contribution in [2.45, 2.75) is 26.0 Å². The molecule has 172 valence electrons. The van der Waals surface area contributed by atoms with Gasteiger partial charge in [-0.1, -0.05) is 29.8 Å². The van der Waals surface area contributed by atoms with Crippen LogP contribution in [0, 0.1) is 0 Å². The highest BCUT2D eigenvalue weighted by Gasteiger charge is 2.47. The molecule has 1 atom stereocenters. The molecule has 0 saturated carbocycles. The number of Topliss-reactive ketones (excluding diaryl/α,β-unsaturated/α-hetero) is 1. The van der Waals surface area contributed by atoms with Gasteiger partial charge in [-0.25, -0.2) is 4.79 Å². The van der Waals surface area contributed by atoms with Crippen molar-refractivity contribution in [3.63, 3.8) is 0 Å². The number of halogens is 1. The number of amides is 1. The fourth-order valence-corrected chi connectivity index (χ4v) is 3.94. The summed E-state index contributed by atoms with van der Waals surface area (Å²) in [7, 11) is 0. The molecule has 1 saturated heterocycles. The van der Waals surface area contributed by atoms with Crippen LogP contribution in [0.2, 0.25) is 5.02 Å². The lowest BCUT2D eigenvalue weighted by atomic mass is 9.98. The van der Waals surface area contributed by atoms with Gasteiger partial charge in [-0.3, -0.25) is 19.5 Å². The third-order valence-electron chi connectivity index (χ3n) is 5.23. The van der Waals surface area contributed by atoms with Crippen molar-refractivity contribution >= 4 is 40.7 Å². The molecule has 34 heavy (non-hydrogen) atoms. The van der Waals surface area contributed by atoms with Gasteiger partial charge in [0.05, 0.1) is 22.9 Å². The second-order valence-electron chi connectivity index (χ2n) is 7.93. The van der Waals surface area contributed by atoms with Gasteiger partial charge in [0.25, 0.3) is 11.7 Å². The number of carbonyl (C=O) groups is 3. The molecular weight excluding hydrogens is 456 g/mol. The Bertz CT molecular complexity index is 1290. The highest BCUT2D eigenvalue weighted by molar-refractivity contribution is 6.51. The van der Waals surface area contributed by atoms with Crippen molar-refractivity contribution < 1.29 is 24.2 Å². The fourth-order valence-electron chi connectivity index (χ4n) is 3.75. The van der Waals surface area contributed by atoms with Crippen molar-refractivity contribution in [1.82, 2.24) is 4.98 Å². The van der Waals surface area contributed by atoms with Gasteiger partial charge in [0.2, 0.25) is 0 Å². The first kappa shape index (κ1) is 23.2. The van der Waals surface area contributed by atoms with Gasteiger partial charge in [0.1, 0.15) is 11.8 Å². The molecule has 1 aliphatic rings. The molecule has 1 unspecified atom stereocenters. The number of hydrogen-bond donors (Lipinski definition) is 1. The molecule has 1 fully saturated rings. The lowest BCUT2D eigenvalue weighted by Crippen LogP contribution is -2.29. The van der Waals surface area contributed by atoms with Crippen LogP contribution in [0.25, 0.3) is 5.76 Å². The zero-order valence-corrected chi connectivity index (χ0v) is 19.2. The number of pyridine rings is 1. The molecule has 1 N–H and O–H groups in total. The van der Waals surface area contributed by atoms with Gasteiger partial charge in [-0.05, 0) is 62.4 Å². The van der Waals surface area contributed by atoms with Crippen LogP contribution in [-0.4, -0.2) is 33.9 Å². The number of nitrogens with zero attached hydrogens (tertiary/aromatic N) is 2. The molecule has 2 heterocycles. The molecule has 8 heteroatoms. The molecule has 0 spiro atoms. The normalized spacial score (nSPS) is 17.3. The highest BCUT2D eigenvalue weighted by atomic mass is 35.5. The largest absolute Gasteiger partial charge is 0.507 e. The van der Waals surface area contributed by atoms with Gasteiger partial charge in [-0.15, -0.1) is 0 Å². The van der Waals surface area contributed by atoms with Crippen LogP contribution in [0.5, 0.6) is 0 Å². The molecule has 4 rings (SSSR count). The highest BCUT2D eigenvalue weighted by Crippen LogP contribution is 2.41. The van der Waals surface area contributed by atoms with Crippen molar-refractivity contribution in [2.24, 2.45) is 0 Å². The van der Waals surface area contributed by atoms with Crippen LogP contribution in [-0.2, 0) is 14.3 Å². The standard InChI is InChI=1S/C26H21ClN2O5/c1-15(2)34-26(33)16-9-11-19(12-10-16)29-22(20-8-3-4-13-28-20)21(24(31)25(29)32)23(30)17-6-5-7-18(27)14-17/h3-15,22,30H,1-2H3/b23-21+. The second kappa shape index (κ2) is 9.49. The van der Waals surface area contributed by atoms with E-state index >= 15 is 0 Å². The third kappa shape index (κ3) is 4.43. The molecule has 2 aromatic carbocycles. The average molecular weight is 477 g/mol. The minimum absolute atomic E-state index is 0.103. The smallest absolute Gasteiger partial charge is 0.338 e. The van der Waals surface area contributed by atoms with Crippen LogP contribution in [0.3, 0.4) is 0 Å². The molecule has 1 aromatic heterocycles. The number of aliphatic hydroxyl groups excluding tert-OH is 1. The van der Waals surface area contributed by atoms with Crippen LogP contribution in [0.15, 0.2) is 78.5 Å². The first-order valence-corrected chi connectivity index (χ1v) is 10.9. The van der Waals surface area contributed by atoms with E-state index in [4.69, 9.17) is 16.3 Å². The summed E-state index contributed by atoms with van der Waals surface area (Å²) < 4.78 is 5.20. The number of hydrogen-bond acceptors (Lipinski definition) is 6. The van der Waals surface area contributed by atoms with E-state index in [1.165, 1.54) is 23.1 Å². The number of esters is 1. The van der Waals surface area contributed by atoms with Gasteiger partial charge >= 0.3 is 5.97 Å². The SMILES string of the molecule is CC(C)OC(=O)c1ccc(N2C(=O)C(=O)/C(=C(/O)c3cccc(Cl)c3)C2c2ccccn2)cc1. The Balaban J connectivity index is 1.83. The van der Waals surface area contributed by atoms with E-state index in [9.17, 15) is 19.5 Å². The minimum atomic E-state index is -0.978. The van der Waals surface area contributed by atoms with E-state index in [2.05, 4.69) is 4.98 Å². The van der Waals surface area contributed by atoms with E-state index in [0.29, 0.717) is 27.5 Å². The van der Waals surface area contributed by atoms with E-state index in [0.717, 1.165) is 0 Å². The maximum absolute atomic E-state index is 13.2.